The minimum Gasteiger partial charge on any atom is -0.493 e. The normalized spacial score (nSPS) is 10.6. The van der Waals surface area contributed by atoms with Crippen molar-refractivity contribution in [1.29, 1.82) is 0 Å². The lowest BCUT2D eigenvalue weighted by Gasteiger charge is -2.09. The van der Waals surface area contributed by atoms with Gasteiger partial charge in [-0.15, -0.1) is 11.3 Å². The van der Waals surface area contributed by atoms with Gasteiger partial charge in [-0.05, 0) is 47.3 Å². The van der Waals surface area contributed by atoms with E-state index in [4.69, 9.17) is 21.1 Å². The van der Waals surface area contributed by atoms with Gasteiger partial charge in [-0.3, -0.25) is 9.59 Å². The molecule has 0 aliphatic heterocycles. The average Bonchev–Trinajstić information content (AvgIpc) is 3.34. The molecule has 3 aromatic rings. The van der Waals surface area contributed by atoms with Gasteiger partial charge in [0, 0.05) is 0 Å². The molecule has 2 amide bonds. The molecule has 8 nitrogen and oxygen atoms in total. The predicted molar refractivity (Wildman–Crippen MR) is 122 cm³/mol. The molecule has 32 heavy (non-hydrogen) atoms. The van der Waals surface area contributed by atoms with Crippen LogP contribution in [0.1, 0.15) is 25.6 Å². The molecule has 3 rings (SSSR count). The van der Waals surface area contributed by atoms with Crippen molar-refractivity contribution < 1.29 is 23.9 Å². The summed E-state index contributed by atoms with van der Waals surface area (Å²) < 4.78 is 10.6. The third kappa shape index (κ3) is 6.16. The molecule has 0 atom stereocenters. The van der Waals surface area contributed by atoms with Gasteiger partial charge in [0.15, 0.2) is 11.5 Å². The Kier molecular flexibility index (Phi) is 7.96. The number of halogens is 1. The highest BCUT2D eigenvalue weighted by Gasteiger charge is 2.14. The van der Waals surface area contributed by atoms with Crippen LogP contribution < -0.4 is 20.2 Å². The lowest BCUT2D eigenvalue weighted by molar-refractivity contribution is -0.120. The van der Waals surface area contributed by atoms with Crippen LogP contribution in [0.4, 0.5) is 0 Å². The van der Waals surface area contributed by atoms with Gasteiger partial charge in [0.25, 0.3) is 11.8 Å². The summed E-state index contributed by atoms with van der Waals surface area (Å²) in [5.41, 5.74) is 3.18. The van der Waals surface area contributed by atoms with Crippen LogP contribution in [0.2, 0.25) is 5.02 Å². The predicted octanol–water partition coefficient (Wildman–Crippen LogP) is 3.51. The lowest BCUT2D eigenvalue weighted by atomic mass is 10.2. The van der Waals surface area contributed by atoms with E-state index in [2.05, 4.69) is 15.8 Å². The number of thiophene rings is 1. The van der Waals surface area contributed by atoms with Gasteiger partial charge in [0.1, 0.15) is 4.88 Å². The molecular formula is C22H18ClN3O5S. The number of carbonyl (C=O) groups excluding carboxylic acids is 3. The fourth-order valence-corrected chi connectivity index (χ4v) is 3.33. The molecule has 0 bridgehead atoms. The minimum atomic E-state index is -0.518. The van der Waals surface area contributed by atoms with Gasteiger partial charge >= 0.3 is 5.97 Å². The van der Waals surface area contributed by atoms with E-state index in [1.165, 1.54) is 24.7 Å². The first kappa shape index (κ1) is 23.0. The quantitative estimate of drug-likeness (QED) is 0.226. The average molecular weight is 472 g/mol. The zero-order valence-electron chi connectivity index (χ0n) is 16.8. The monoisotopic (exact) mass is 471 g/mol. The second-order valence-corrected chi connectivity index (χ2v) is 7.59. The number of benzene rings is 2. The largest absolute Gasteiger partial charge is 0.493 e. The van der Waals surface area contributed by atoms with E-state index >= 15 is 0 Å². The Hall–Kier alpha value is -3.69. The topological polar surface area (TPSA) is 106 Å². The summed E-state index contributed by atoms with van der Waals surface area (Å²) in [4.78, 5) is 36.6. The van der Waals surface area contributed by atoms with E-state index in [1.807, 2.05) is 0 Å². The summed E-state index contributed by atoms with van der Waals surface area (Å²) in [5, 5.41) is 8.39. The highest BCUT2D eigenvalue weighted by Crippen LogP contribution is 2.28. The first-order chi connectivity index (χ1) is 15.5. The molecule has 0 saturated heterocycles. The molecule has 0 radical (unpaired) electrons. The van der Waals surface area contributed by atoms with Gasteiger partial charge in [-0.2, -0.15) is 5.10 Å². The van der Waals surface area contributed by atoms with Crippen LogP contribution in [0.15, 0.2) is 65.1 Å². The maximum atomic E-state index is 12.1. The molecule has 0 unspecified atom stereocenters. The summed E-state index contributed by atoms with van der Waals surface area (Å²) in [6, 6.07) is 14.8. The van der Waals surface area contributed by atoms with Gasteiger partial charge in [0.05, 0.1) is 30.5 Å². The summed E-state index contributed by atoms with van der Waals surface area (Å²) in [6.07, 6.45) is 1.39. The van der Waals surface area contributed by atoms with Crippen LogP contribution >= 0.6 is 22.9 Å². The molecule has 0 fully saturated rings. The second kappa shape index (κ2) is 11.1. The van der Waals surface area contributed by atoms with Crippen LogP contribution in [0.3, 0.4) is 0 Å². The summed E-state index contributed by atoms with van der Waals surface area (Å²) in [5.74, 6) is -0.875. The Morgan fingerprint density at radius 1 is 1.09 bits per heavy atom. The third-order valence-electron chi connectivity index (χ3n) is 4.04. The number of ether oxygens (including phenoxy) is 2. The van der Waals surface area contributed by atoms with Crippen molar-refractivity contribution in [3.63, 3.8) is 0 Å². The smallest absolute Gasteiger partial charge is 0.353 e. The number of nitrogens with zero attached hydrogens (tertiary/aromatic N) is 1. The van der Waals surface area contributed by atoms with Crippen molar-refractivity contribution in [1.82, 2.24) is 10.7 Å². The van der Waals surface area contributed by atoms with Crippen LogP contribution in [-0.2, 0) is 4.79 Å². The molecule has 0 spiro atoms. The molecule has 0 aliphatic carbocycles. The first-order valence-corrected chi connectivity index (χ1v) is 10.5. The maximum Gasteiger partial charge on any atom is 0.353 e. The molecule has 2 N–H and O–H groups in total. The molecule has 164 valence electrons. The zero-order chi connectivity index (χ0) is 22.9. The van der Waals surface area contributed by atoms with Gasteiger partial charge in [-0.25, -0.2) is 10.2 Å². The number of hydrazone groups is 1. The van der Waals surface area contributed by atoms with Gasteiger partial charge in [-0.1, -0.05) is 29.8 Å². The summed E-state index contributed by atoms with van der Waals surface area (Å²) in [7, 11) is 1.45. The molecule has 0 aliphatic rings. The van der Waals surface area contributed by atoms with Gasteiger partial charge in [0.2, 0.25) is 0 Å². The summed E-state index contributed by atoms with van der Waals surface area (Å²) in [6.45, 7) is -0.275. The number of hydrogen-bond donors (Lipinski definition) is 2. The standard InChI is InChI=1S/C22H18ClN3O5S/c1-30-18-11-14(8-9-17(18)31-22(29)19-7-4-10-32-19)12-25-26-20(27)13-24-21(28)15-5-2-3-6-16(15)23/h2-12H,13H2,1H3,(H,24,28)(H,26,27)/b25-12-. The Bertz CT molecular complexity index is 1150. The fraction of sp³-hybridized carbons (Fsp3) is 0.0909. The Morgan fingerprint density at radius 2 is 1.91 bits per heavy atom. The molecule has 10 heteroatoms. The number of nitrogens with one attached hydrogen (secondary N) is 2. The van der Waals surface area contributed by atoms with Gasteiger partial charge < -0.3 is 14.8 Å². The van der Waals surface area contributed by atoms with E-state index in [-0.39, 0.29) is 17.9 Å². The van der Waals surface area contributed by atoms with E-state index in [0.717, 1.165) is 0 Å². The van der Waals surface area contributed by atoms with Crippen molar-refractivity contribution in [3.05, 3.63) is 81.0 Å². The van der Waals surface area contributed by atoms with Crippen LogP contribution in [-0.4, -0.2) is 37.7 Å². The van der Waals surface area contributed by atoms with E-state index < -0.39 is 17.8 Å². The van der Waals surface area contributed by atoms with Crippen LogP contribution in [0, 0.1) is 0 Å². The Morgan fingerprint density at radius 3 is 2.62 bits per heavy atom. The van der Waals surface area contributed by atoms with E-state index in [0.29, 0.717) is 21.2 Å². The lowest BCUT2D eigenvalue weighted by Crippen LogP contribution is -2.35. The van der Waals surface area contributed by atoms with Crippen molar-refractivity contribution in [2.24, 2.45) is 5.10 Å². The Balaban J connectivity index is 1.53. The molecule has 1 aromatic heterocycles. The molecule has 0 saturated carbocycles. The minimum absolute atomic E-state index is 0.259. The number of rotatable bonds is 8. The zero-order valence-corrected chi connectivity index (χ0v) is 18.4. The Labute approximate surface area is 192 Å². The molecular weight excluding hydrogens is 454 g/mol. The molecule has 2 aromatic carbocycles. The number of methoxy groups -OCH3 is 1. The first-order valence-electron chi connectivity index (χ1n) is 9.26. The number of esters is 1. The molecule has 1 heterocycles. The highest BCUT2D eigenvalue weighted by atomic mass is 35.5. The van der Waals surface area contributed by atoms with E-state index in [9.17, 15) is 14.4 Å². The van der Waals surface area contributed by atoms with Crippen molar-refractivity contribution in [2.75, 3.05) is 13.7 Å². The van der Waals surface area contributed by atoms with Crippen molar-refractivity contribution >= 4 is 46.9 Å². The van der Waals surface area contributed by atoms with Crippen LogP contribution in [0.5, 0.6) is 11.5 Å². The second-order valence-electron chi connectivity index (χ2n) is 6.23. The summed E-state index contributed by atoms with van der Waals surface area (Å²) >= 11 is 7.23. The number of hydrogen-bond acceptors (Lipinski definition) is 7. The number of amides is 2. The fourth-order valence-electron chi connectivity index (χ4n) is 2.51. The van der Waals surface area contributed by atoms with Crippen molar-refractivity contribution in [3.8, 4) is 11.5 Å². The number of carbonyl (C=O) groups is 3. The highest BCUT2D eigenvalue weighted by molar-refractivity contribution is 7.12. The van der Waals surface area contributed by atoms with E-state index in [1.54, 1.807) is 60.0 Å². The SMILES string of the molecule is COc1cc(/C=N\NC(=O)CNC(=O)c2ccccc2Cl)ccc1OC(=O)c1cccs1. The van der Waals surface area contributed by atoms with Crippen LogP contribution in [0.25, 0.3) is 0 Å². The maximum absolute atomic E-state index is 12.1. The third-order valence-corrected chi connectivity index (χ3v) is 5.22. The van der Waals surface area contributed by atoms with Crippen molar-refractivity contribution in [2.45, 2.75) is 0 Å².